The zero-order chi connectivity index (χ0) is 20.8. The molecule has 1 aliphatic rings. The van der Waals surface area contributed by atoms with E-state index in [0.717, 1.165) is 0 Å². The molecule has 1 atom stereocenters. The predicted molar refractivity (Wildman–Crippen MR) is 112 cm³/mol. The molecule has 1 aromatic heterocycles. The van der Waals surface area contributed by atoms with Gasteiger partial charge in [-0.15, -0.1) is 0 Å². The van der Waals surface area contributed by atoms with Crippen LogP contribution in [0.5, 0.6) is 0 Å². The lowest BCUT2D eigenvalue weighted by molar-refractivity contribution is 0.0218. The number of rotatable bonds is 1. The lowest BCUT2D eigenvalue weighted by atomic mass is 10.1. The lowest BCUT2D eigenvalue weighted by Gasteiger charge is -2.41. The second-order valence-electron chi connectivity index (χ2n) is 7.67. The summed E-state index contributed by atoms with van der Waals surface area (Å²) in [4.78, 5) is 24.3. The topological polar surface area (TPSA) is 58.6 Å². The Morgan fingerprint density at radius 1 is 1.32 bits per heavy atom. The zero-order valence-electron chi connectivity index (χ0n) is 15.9. The van der Waals surface area contributed by atoms with Crippen LogP contribution in [-0.2, 0) is 4.74 Å². The second kappa shape index (κ2) is 7.80. The molecule has 2 heterocycles. The van der Waals surface area contributed by atoms with Gasteiger partial charge in [0, 0.05) is 31.1 Å². The van der Waals surface area contributed by atoms with Crippen LogP contribution in [0.4, 0.5) is 15.0 Å². The van der Waals surface area contributed by atoms with E-state index >= 15 is 0 Å². The van der Waals surface area contributed by atoms with Crippen molar-refractivity contribution in [3.63, 3.8) is 0 Å². The molecule has 0 bridgehead atoms. The molecule has 0 aliphatic carbocycles. The molecule has 10 heteroatoms. The van der Waals surface area contributed by atoms with Crippen molar-refractivity contribution < 1.29 is 13.9 Å². The van der Waals surface area contributed by atoms with Crippen molar-refractivity contribution >= 4 is 61.9 Å². The second-order valence-corrected chi connectivity index (χ2v) is 9.21. The van der Waals surface area contributed by atoms with Crippen molar-refractivity contribution in [2.75, 3.05) is 24.5 Å². The Bertz CT molecular complexity index is 938. The molecule has 152 valence electrons. The molecule has 1 aromatic carbocycles. The van der Waals surface area contributed by atoms with Crippen molar-refractivity contribution in [2.45, 2.75) is 39.3 Å². The van der Waals surface area contributed by atoms with Crippen molar-refractivity contribution in [3.05, 3.63) is 26.7 Å². The van der Waals surface area contributed by atoms with Gasteiger partial charge in [-0.1, -0.05) is 11.6 Å². The van der Waals surface area contributed by atoms with Gasteiger partial charge in [0.25, 0.3) is 0 Å². The van der Waals surface area contributed by atoms with Crippen LogP contribution in [0.25, 0.3) is 10.9 Å². The molecule has 1 amide bonds. The maximum absolute atomic E-state index is 14.6. The summed E-state index contributed by atoms with van der Waals surface area (Å²) in [6, 6.07) is 1.52. The van der Waals surface area contributed by atoms with Crippen LogP contribution in [0.15, 0.2) is 10.5 Å². The molecule has 6 nitrogen and oxygen atoms in total. The van der Waals surface area contributed by atoms with E-state index in [2.05, 4.69) is 25.9 Å². The summed E-state index contributed by atoms with van der Waals surface area (Å²) in [5, 5.41) is 0.627. The highest BCUT2D eigenvalue weighted by Gasteiger charge is 2.32. The van der Waals surface area contributed by atoms with Crippen molar-refractivity contribution in [3.8, 4) is 0 Å². The highest BCUT2D eigenvalue weighted by molar-refractivity contribution is 9.10. The Morgan fingerprint density at radius 3 is 2.61 bits per heavy atom. The number of hydrogen-bond acceptors (Lipinski definition) is 5. The van der Waals surface area contributed by atoms with Crippen LogP contribution in [0.1, 0.15) is 27.7 Å². The van der Waals surface area contributed by atoms with Crippen LogP contribution in [0, 0.1) is 5.82 Å². The fourth-order valence-corrected chi connectivity index (χ4v) is 3.77. The molecule has 2 aromatic rings. The van der Waals surface area contributed by atoms with Gasteiger partial charge in [0.15, 0.2) is 5.82 Å². The normalized spacial score (nSPS) is 17.9. The number of nitrogens with zero attached hydrogens (tertiary/aromatic N) is 4. The van der Waals surface area contributed by atoms with Crippen LogP contribution in [0.3, 0.4) is 0 Å². The molecule has 0 N–H and O–H groups in total. The summed E-state index contributed by atoms with van der Waals surface area (Å²) in [5.41, 5.74) is -0.469. The van der Waals surface area contributed by atoms with Gasteiger partial charge < -0.3 is 14.5 Å². The Labute approximate surface area is 181 Å². The van der Waals surface area contributed by atoms with Crippen molar-refractivity contribution in [2.24, 2.45) is 0 Å². The third-order valence-corrected chi connectivity index (χ3v) is 5.80. The van der Waals surface area contributed by atoms with E-state index in [0.29, 0.717) is 30.8 Å². The fourth-order valence-electron chi connectivity index (χ4n) is 3.11. The number of carbonyl (C=O) groups excluding carboxylic acids is 1. The first-order valence-electron chi connectivity index (χ1n) is 8.73. The molecule has 0 unspecified atom stereocenters. The molecule has 0 radical (unpaired) electrons. The van der Waals surface area contributed by atoms with Gasteiger partial charge in [0.1, 0.15) is 16.9 Å². The van der Waals surface area contributed by atoms with E-state index in [9.17, 15) is 9.18 Å². The summed E-state index contributed by atoms with van der Waals surface area (Å²) < 4.78 is 20.2. The van der Waals surface area contributed by atoms with Gasteiger partial charge in [-0.05, 0) is 61.3 Å². The Hall–Kier alpha value is -1.38. The number of aromatic nitrogens is 2. The van der Waals surface area contributed by atoms with Crippen LogP contribution >= 0.6 is 39.1 Å². The highest BCUT2D eigenvalue weighted by Crippen LogP contribution is 2.36. The smallest absolute Gasteiger partial charge is 0.410 e. The van der Waals surface area contributed by atoms with Crippen LogP contribution in [-0.4, -0.2) is 52.2 Å². The highest BCUT2D eigenvalue weighted by atomic mass is 79.9. The Balaban J connectivity index is 1.93. The van der Waals surface area contributed by atoms with Gasteiger partial charge in [0.2, 0.25) is 5.28 Å². The largest absolute Gasteiger partial charge is 0.444 e. The van der Waals surface area contributed by atoms with Gasteiger partial charge in [-0.2, -0.15) is 4.98 Å². The molecule has 3 rings (SSSR count). The van der Waals surface area contributed by atoms with E-state index in [4.69, 9.17) is 27.9 Å². The number of halogens is 4. The summed E-state index contributed by atoms with van der Waals surface area (Å²) in [5.74, 6) is -0.104. The van der Waals surface area contributed by atoms with Gasteiger partial charge in [-0.3, -0.25) is 0 Å². The molecule has 0 spiro atoms. The zero-order valence-corrected chi connectivity index (χ0v) is 19.0. The van der Waals surface area contributed by atoms with E-state index in [1.54, 1.807) is 11.0 Å². The first-order chi connectivity index (χ1) is 13.0. The molecule has 0 saturated carbocycles. The standard InChI is InChI=1S/C18H20BrCl2FN4O2/c1-9-8-25(17(27)28-18(2,3)4)5-6-26(9)15-10-7-11(20)12(19)13(22)14(10)23-16(21)24-15/h7,9H,5-6,8H2,1-4H3/t9-/m1/s1. The number of fused-ring (bicyclic) bond motifs is 1. The van der Waals surface area contributed by atoms with Crippen LogP contribution in [0.2, 0.25) is 10.3 Å². The molecular weight excluding hydrogens is 474 g/mol. The Kier molecular flexibility index (Phi) is 5.94. The number of piperazine rings is 1. The molecule has 28 heavy (non-hydrogen) atoms. The Morgan fingerprint density at radius 2 is 2.00 bits per heavy atom. The number of anilines is 1. The fraction of sp³-hybridized carbons (Fsp3) is 0.500. The third-order valence-electron chi connectivity index (χ3n) is 4.33. The molecule has 1 aliphatic heterocycles. The number of ether oxygens (including phenoxy) is 1. The van der Waals surface area contributed by atoms with E-state index < -0.39 is 11.4 Å². The average Bonchev–Trinajstić information content (AvgIpc) is 2.58. The van der Waals surface area contributed by atoms with E-state index in [-0.39, 0.29) is 32.4 Å². The molecule has 1 fully saturated rings. The average molecular weight is 494 g/mol. The van der Waals surface area contributed by atoms with Crippen LogP contribution < -0.4 is 4.90 Å². The van der Waals surface area contributed by atoms with Crippen molar-refractivity contribution in [1.82, 2.24) is 14.9 Å². The summed E-state index contributed by atoms with van der Waals surface area (Å²) in [6.07, 6.45) is -0.359. The first kappa shape index (κ1) is 21.3. The predicted octanol–water partition coefficient (Wildman–Crippen LogP) is 5.28. The SMILES string of the molecule is C[C@@H]1CN(C(=O)OC(C)(C)C)CCN1c1nc(Cl)nc2c(F)c(Br)c(Cl)cc12. The number of carbonyl (C=O) groups is 1. The number of hydrogen-bond donors (Lipinski definition) is 0. The van der Waals surface area contributed by atoms with Gasteiger partial charge in [-0.25, -0.2) is 14.2 Å². The monoisotopic (exact) mass is 492 g/mol. The van der Waals surface area contributed by atoms with Crippen molar-refractivity contribution in [1.29, 1.82) is 0 Å². The molecular formula is C18H20BrCl2FN4O2. The maximum atomic E-state index is 14.6. The summed E-state index contributed by atoms with van der Waals surface area (Å²) in [7, 11) is 0. The quantitative estimate of drug-likeness (QED) is 0.399. The summed E-state index contributed by atoms with van der Waals surface area (Å²) in [6.45, 7) is 8.80. The third kappa shape index (κ3) is 4.28. The minimum atomic E-state index is -0.590. The first-order valence-corrected chi connectivity index (χ1v) is 10.3. The van der Waals surface area contributed by atoms with E-state index in [1.165, 1.54) is 0 Å². The lowest BCUT2D eigenvalue weighted by Crippen LogP contribution is -2.54. The summed E-state index contributed by atoms with van der Waals surface area (Å²) >= 11 is 15.3. The maximum Gasteiger partial charge on any atom is 0.410 e. The van der Waals surface area contributed by atoms with Gasteiger partial charge in [0.05, 0.1) is 9.50 Å². The number of amides is 1. The minimum Gasteiger partial charge on any atom is -0.444 e. The minimum absolute atomic E-state index is 0.0580. The number of benzene rings is 1. The van der Waals surface area contributed by atoms with E-state index in [1.807, 2.05) is 32.6 Å². The van der Waals surface area contributed by atoms with Gasteiger partial charge >= 0.3 is 6.09 Å². The molecule has 1 saturated heterocycles.